The Morgan fingerprint density at radius 1 is 1.11 bits per heavy atom. The molecule has 0 spiro atoms. The zero-order valence-corrected chi connectivity index (χ0v) is 11.8. The number of hydrogen-bond donors (Lipinski definition) is 1. The van der Waals surface area contributed by atoms with Gasteiger partial charge in [0.15, 0.2) is 0 Å². The average molecular weight is 277 g/mol. The van der Waals surface area contributed by atoms with Crippen molar-refractivity contribution < 1.29 is 13.2 Å². The Kier molecular flexibility index (Phi) is 4.49. The quantitative estimate of drug-likeness (QED) is 0.781. The summed E-state index contributed by atoms with van der Waals surface area (Å²) < 4.78 is 38.7. The van der Waals surface area contributed by atoms with Crippen molar-refractivity contribution in [1.82, 2.24) is 0 Å². The maximum Gasteiger partial charge on any atom is 0.391 e. The molecule has 0 amide bonds. The van der Waals surface area contributed by atoms with E-state index in [1.165, 1.54) is 6.42 Å². The maximum absolute atomic E-state index is 12.9. The van der Waals surface area contributed by atoms with Crippen LogP contribution in [0.1, 0.15) is 64.7 Å². The van der Waals surface area contributed by atoms with Gasteiger partial charge >= 0.3 is 6.18 Å². The molecule has 0 aromatic heterocycles. The number of alkyl halides is 3. The maximum atomic E-state index is 12.9. The monoisotopic (exact) mass is 277 g/mol. The van der Waals surface area contributed by atoms with Crippen molar-refractivity contribution in [2.45, 2.75) is 76.4 Å². The second kappa shape index (κ2) is 5.63. The molecule has 2 rings (SSSR count). The van der Waals surface area contributed by atoms with Crippen molar-refractivity contribution in [2.75, 3.05) is 0 Å². The van der Waals surface area contributed by atoms with Gasteiger partial charge in [-0.3, -0.25) is 0 Å². The third kappa shape index (κ3) is 3.45. The first-order valence-electron chi connectivity index (χ1n) is 7.70. The predicted octanol–water partition coefficient (Wildman–Crippen LogP) is 4.65. The van der Waals surface area contributed by atoms with Crippen LogP contribution in [0, 0.1) is 17.8 Å². The zero-order chi connectivity index (χ0) is 14.1. The van der Waals surface area contributed by atoms with Crippen LogP contribution in [-0.4, -0.2) is 11.7 Å². The van der Waals surface area contributed by atoms with E-state index in [1.807, 2.05) is 0 Å². The highest BCUT2D eigenvalue weighted by Crippen LogP contribution is 2.47. The first kappa shape index (κ1) is 15.1. The molecule has 0 bridgehead atoms. The third-order valence-electron chi connectivity index (χ3n) is 5.52. The average Bonchev–Trinajstić information content (AvgIpc) is 2.38. The normalized spacial score (nSPS) is 41.2. The van der Waals surface area contributed by atoms with Gasteiger partial charge < -0.3 is 5.73 Å². The summed E-state index contributed by atoms with van der Waals surface area (Å²) in [6.07, 6.45) is 3.31. The SMILES string of the molecule is CCC1CCC(C2(N)CCCC(C(F)(F)F)C2)CC1. The van der Waals surface area contributed by atoms with Crippen molar-refractivity contribution in [3.63, 3.8) is 0 Å². The number of hydrogen-bond acceptors (Lipinski definition) is 1. The Hall–Kier alpha value is -0.250. The molecule has 2 N–H and O–H groups in total. The summed E-state index contributed by atoms with van der Waals surface area (Å²) in [7, 11) is 0. The van der Waals surface area contributed by atoms with Crippen molar-refractivity contribution in [3.8, 4) is 0 Å². The molecular formula is C15H26F3N. The highest BCUT2D eigenvalue weighted by molar-refractivity contribution is 4.98. The number of halogens is 3. The predicted molar refractivity (Wildman–Crippen MR) is 70.7 cm³/mol. The van der Waals surface area contributed by atoms with E-state index in [9.17, 15) is 13.2 Å². The van der Waals surface area contributed by atoms with E-state index in [4.69, 9.17) is 5.73 Å². The van der Waals surface area contributed by atoms with Crippen LogP contribution in [0.15, 0.2) is 0 Å². The van der Waals surface area contributed by atoms with E-state index in [2.05, 4.69) is 6.92 Å². The summed E-state index contributed by atoms with van der Waals surface area (Å²) in [5.74, 6) is -0.0996. The molecule has 0 aromatic carbocycles. The van der Waals surface area contributed by atoms with Crippen molar-refractivity contribution in [2.24, 2.45) is 23.5 Å². The van der Waals surface area contributed by atoms with E-state index in [0.717, 1.165) is 38.0 Å². The molecule has 0 saturated heterocycles. The Morgan fingerprint density at radius 2 is 1.74 bits per heavy atom. The fraction of sp³-hybridized carbons (Fsp3) is 1.00. The van der Waals surface area contributed by atoms with Crippen LogP contribution < -0.4 is 5.73 Å². The minimum absolute atomic E-state index is 0.151. The molecule has 0 aromatic rings. The topological polar surface area (TPSA) is 26.0 Å². The molecule has 2 saturated carbocycles. The van der Waals surface area contributed by atoms with Gasteiger partial charge in [-0.05, 0) is 43.9 Å². The summed E-state index contributed by atoms with van der Waals surface area (Å²) >= 11 is 0. The van der Waals surface area contributed by atoms with Crippen LogP contribution in [0.2, 0.25) is 0 Å². The molecule has 2 aliphatic rings. The van der Waals surface area contributed by atoms with E-state index >= 15 is 0 Å². The molecule has 4 heteroatoms. The van der Waals surface area contributed by atoms with Crippen molar-refractivity contribution >= 4 is 0 Å². The minimum Gasteiger partial charge on any atom is -0.325 e. The Bertz CT molecular complexity index is 294. The van der Waals surface area contributed by atoms with Gasteiger partial charge in [0.05, 0.1) is 5.92 Å². The van der Waals surface area contributed by atoms with Crippen molar-refractivity contribution in [3.05, 3.63) is 0 Å². The van der Waals surface area contributed by atoms with Gasteiger partial charge in [-0.15, -0.1) is 0 Å². The lowest BCUT2D eigenvalue weighted by molar-refractivity contribution is -0.189. The molecule has 112 valence electrons. The Labute approximate surface area is 114 Å². The lowest BCUT2D eigenvalue weighted by Gasteiger charge is -2.46. The molecule has 2 aliphatic carbocycles. The summed E-state index contributed by atoms with van der Waals surface area (Å²) in [5, 5.41) is 0. The molecule has 0 aliphatic heterocycles. The zero-order valence-electron chi connectivity index (χ0n) is 11.8. The van der Waals surface area contributed by atoms with Gasteiger partial charge in [0.25, 0.3) is 0 Å². The summed E-state index contributed by atoms with van der Waals surface area (Å²) in [4.78, 5) is 0. The molecule has 1 nitrogen and oxygen atoms in total. The van der Waals surface area contributed by atoms with E-state index in [1.54, 1.807) is 0 Å². The summed E-state index contributed by atoms with van der Waals surface area (Å²) in [6, 6.07) is 0. The van der Waals surface area contributed by atoms with Gasteiger partial charge in [0.2, 0.25) is 0 Å². The molecule has 0 heterocycles. The van der Waals surface area contributed by atoms with Crippen LogP contribution in [0.5, 0.6) is 0 Å². The van der Waals surface area contributed by atoms with Gasteiger partial charge in [-0.25, -0.2) is 0 Å². The minimum atomic E-state index is -4.06. The first-order chi connectivity index (χ1) is 8.85. The molecule has 2 unspecified atom stereocenters. The first-order valence-corrected chi connectivity index (χ1v) is 7.70. The van der Waals surface area contributed by atoms with E-state index < -0.39 is 17.6 Å². The molecule has 19 heavy (non-hydrogen) atoms. The van der Waals surface area contributed by atoms with Gasteiger partial charge in [0.1, 0.15) is 0 Å². The molecule has 0 radical (unpaired) electrons. The fourth-order valence-electron chi connectivity index (χ4n) is 4.14. The highest BCUT2D eigenvalue weighted by atomic mass is 19.4. The molecule has 2 atom stereocenters. The number of nitrogens with two attached hydrogens (primary N) is 1. The van der Waals surface area contributed by atoms with Crippen LogP contribution in [0.3, 0.4) is 0 Å². The lowest BCUT2D eigenvalue weighted by atomic mass is 9.64. The fourth-order valence-corrected chi connectivity index (χ4v) is 4.14. The van der Waals surface area contributed by atoms with E-state index in [0.29, 0.717) is 12.3 Å². The second-order valence-electron chi connectivity index (χ2n) is 6.69. The molecular weight excluding hydrogens is 251 g/mol. The third-order valence-corrected chi connectivity index (χ3v) is 5.52. The van der Waals surface area contributed by atoms with Crippen molar-refractivity contribution in [1.29, 1.82) is 0 Å². The molecule has 2 fully saturated rings. The largest absolute Gasteiger partial charge is 0.391 e. The van der Waals surface area contributed by atoms with Gasteiger partial charge in [0, 0.05) is 5.54 Å². The van der Waals surface area contributed by atoms with Crippen LogP contribution in [0.25, 0.3) is 0 Å². The second-order valence-corrected chi connectivity index (χ2v) is 6.69. The van der Waals surface area contributed by atoms with Crippen LogP contribution in [-0.2, 0) is 0 Å². The summed E-state index contributed by atoms with van der Waals surface area (Å²) in [6.45, 7) is 2.20. The van der Waals surface area contributed by atoms with Crippen LogP contribution in [0.4, 0.5) is 13.2 Å². The van der Waals surface area contributed by atoms with Gasteiger partial charge in [-0.1, -0.05) is 32.6 Å². The smallest absolute Gasteiger partial charge is 0.325 e. The standard InChI is InChI=1S/C15H26F3N/c1-2-11-5-7-12(8-6-11)14(19)9-3-4-13(10-14)15(16,17)18/h11-13H,2-10,19H2,1H3. The lowest BCUT2D eigenvalue weighted by Crippen LogP contribution is -2.53. The summed E-state index contributed by atoms with van der Waals surface area (Å²) in [5.41, 5.74) is 5.85. The van der Waals surface area contributed by atoms with E-state index in [-0.39, 0.29) is 12.8 Å². The number of rotatable bonds is 2. The van der Waals surface area contributed by atoms with Gasteiger partial charge in [-0.2, -0.15) is 13.2 Å². The van der Waals surface area contributed by atoms with Crippen LogP contribution >= 0.6 is 0 Å². The Balaban J connectivity index is 1.98. The highest BCUT2D eigenvalue weighted by Gasteiger charge is 2.49. The Morgan fingerprint density at radius 3 is 2.26 bits per heavy atom.